The van der Waals surface area contributed by atoms with Gasteiger partial charge in [0.1, 0.15) is 22.8 Å². The maximum atomic E-state index is 12.4. The SMILES string of the molecule is COc1ccc(CNC(=O)CSC2CC(C)(C)Oc3ccc(OC)cc32)cc1. The molecule has 0 aliphatic carbocycles. The summed E-state index contributed by atoms with van der Waals surface area (Å²) in [5.41, 5.74) is 1.87. The number of carbonyl (C=O) groups excluding carboxylic acids is 1. The van der Waals surface area contributed by atoms with Crippen LogP contribution in [0.1, 0.15) is 36.6 Å². The van der Waals surface area contributed by atoms with E-state index in [2.05, 4.69) is 19.2 Å². The summed E-state index contributed by atoms with van der Waals surface area (Å²) in [4.78, 5) is 12.4. The van der Waals surface area contributed by atoms with E-state index in [4.69, 9.17) is 14.2 Å². The summed E-state index contributed by atoms with van der Waals surface area (Å²) in [5, 5.41) is 3.17. The van der Waals surface area contributed by atoms with Gasteiger partial charge in [0.25, 0.3) is 0 Å². The normalized spacial score (nSPS) is 17.2. The van der Waals surface area contributed by atoms with Crippen molar-refractivity contribution >= 4 is 17.7 Å². The summed E-state index contributed by atoms with van der Waals surface area (Å²) in [5.74, 6) is 2.90. The van der Waals surface area contributed by atoms with Gasteiger partial charge < -0.3 is 19.5 Å². The van der Waals surface area contributed by atoms with Gasteiger partial charge in [0.15, 0.2) is 0 Å². The van der Waals surface area contributed by atoms with Crippen molar-refractivity contribution < 1.29 is 19.0 Å². The number of nitrogens with one attached hydrogen (secondary N) is 1. The van der Waals surface area contributed by atoms with Crippen molar-refractivity contribution in [1.82, 2.24) is 5.32 Å². The second-order valence-electron chi connectivity index (χ2n) is 7.39. The Morgan fingerprint density at radius 1 is 1.14 bits per heavy atom. The van der Waals surface area contributed by atoms with Crippen LogP contribution in [0.5, 0.6) is 17.2 Å². The van der Waals surface area contributed by atoms with E-state index in [0.717, 1.165) is 34.8 Å². The number of methoxy groups -OCH3 is 2. The third-order valence-corrected chi connectivity index (χ3v) is 5.94. The maximum Gasteiger partial charge on any atom is 0.230 e. The van der Waals surface area contributed by atoms with E-state index in [0.29, 0.717) is 12.3 Å². The van der Waals surface area contributed by atoms with Crippen molar-refractivity contribution in [2.24, 2.45) is 0 Å². The molecule has 1 heterocycles. The van der Waals surface area contributed by atoms with Gasteiger partial charge in [-0.3, -0.25) is 4.79 Å². The molecule has 0 aromatic heterocycles. The Hall–Kier alpha value is -2.34. The third kappa shape index (κ3) is 5.13. The number of hydrogen-bond donors (Lipinski definition) is 1. The molecular formula is C22H27NO4S. The highest BCUT2D eigenvalue weighted by molar-refractivity contribution is 8.00. The van der Waals surface area contributed by atoms with E-state index >= 15 is 0 Å². The van der Waals surface area contributed by atoms with Gasteiger partial charge in [-0.15, -0.1) is 11.8 Å². The summed E-state index contributed by atoms with van der Waals surface area (Å²) in [7, 11) is 3.30. The number of benzene rings is 2. The van der Waals surface area contributed by atoms with Crippen molar-refractivity contribution in [3.05, 3.63) is 53.6 Å². The van der Waals surface area contributed by atoms with Crippen LogP contribution >= 0.6 is 11.8 Å². The zero-order valence-electron chi connectivity index (χ0n) is 16.8. The molecule has 6 heteroatoms. The molecule has 0 spiro atoms. The molecule has 0 saturated heterocycles. The zero-order chi connectivity index (χ0) is 20.1. The van der Waals surface area contributed by atoms with Crippen LogP contribution in [0.25, 0.3) is 0 Å². The van der Waals surface area contributed by atoms with E-state index < -0.39 is 0 Å². The number of fused-ring (bicyclic) bond motifs is 1. The molecule has 0 fully saturated rings. The number of ether oxygens (including phenoxy) is 3. The van der Waals surface area contributed by atoms with Gasteiger partial charge >= 0.3 is 0 Å². The van der Waals surface area contributed by atoms with E-state index in [9.17, 15) is 4.79 Å². The molecule has 1 unspecified atom stereocenters. The Bertz CT molecular complexity index is 820. The minimum absolute atomic E-state index is 0.0227. The van der Waals surface area contributed by atoms with Crippen LogP contribution in [-0.4, -0.2) is 31.5 Å². The molecule has 2 aromatic carbocycles. The van der Waals surface area contributed by atoms with Crippen LogP contribution in [0.4, 0.5) is 0 Å². The van der Waals surface area contributed by atoms with Gasteiger partial charge in [0, 0.05) is 23.8 Å². The number of hydrogen-bond acceptors (Lipinski definition) is 5. The Labute approximate surface area is 170 Å². The Morgan fingerprint density at radius 3 is 2.50 bits per heavy atom. The van der Waals surface area contributed by atoms with Crippen molar-refractivity contribution in [3.63, 3.8) is 0 Å². The largest absolute Gasteiger partial charge is 0.497 e. The summed E-state index contributed by atoms with van der Waals surface area (Å²) >= 11 is 1.64. The molecule has 0 radical (unpaired) electrons. The molecule has 1 aliphatic rings. The van der Waals surface area contributed by atoms with Crippen LogP contribution in [0.15, 0.2) is 42.5 Å². The lowest BCUT2D eigenvalue weighted by Gasteiger charge is -2.37. The first-order chi connectivity index (χ1) is 13.4. The highest BCUT2D eigenvalue weighted by atomic mass is 32.2. The smallest absolute Gasteiger partial charge is 0.230 e. The summed E-state index contributed by atoms with van der Waals surface area (Å²) in [6.45, 7) is 4.67. The van der Waals surface area contributed by atoms with Crippen LogP contribution in [-0.2, 0) is 11.3 Å². The number of thioether (sulfide) groups is 1. The lowest BCUT2D eigenvalue weighted by atomic mass is 9.93. The Kier molecular flexibility index (Phi) is 6.39. The molecule has 2 aromatic rings. The second-order valence-corrected chi connectivity index (χ2v) is 8.59. The van der Waals surface area contributed by atoms with Crippen molar-refractivity contribution in [2.45, 2.75) is 37.7 Å². The van der Waals surface area contributed by atoms with E-state index in [-0.39, 0.29) is 16.8 Å². The molecule has 28 heavy (non-hydrogen) atoms. The molecule has 5 nitrogen and oxygen atoms in total. The molecular weight excluding hydrogens is 374 g/mol. The number of carbonyl (C=O) groups is 1. The molecule has 1 aliphatic heterocycles. The number of amides is 1. The standard InChI is InChI=1S/C22H27NO4S/c1-22(2)12-20(18-11-17(26-4)9-10-19(18)27-22)28-14-21(24)23-13-15-5-7-16(25-3)8-6-15/h5-11,20H,12-14H2,1-4H3,(H,23,24). The molecule has 3 rings (SSSR count). The fourth-order valence-corrected chi connectivity index (χ4v) is 4.55. The van der Waals surface area contributed by atoms with Crippen molar-refractivity contribution in [1.29, 1.82) is 0 Å². The summed E-state index contributed by atoms with van der Waals surface area (Å²) in [6, 6.07) is 13.6. The van der Waals surface area contributed by atoms with Gasteiger partial charge in [-0.2, -0.15) is 0 Å². The monoisotopic (exact) mass is 401 g/mol. The van der Waals surface area contributed by atoms with Crippen molar-refractivity contribution in [3.8, 4) is 17.2 Å². The lowest BCUT2D eigenvalue weighted by Crippen LogP contribution is -2.34. The van der Waals surface area contributed by atoms with E-state index in [1.165, 1.54) is 0 Å². The minimum Gasteiger partial charge on any atom is -0.497 e. The fraction of sp³-hybridized carbons (Fsp3) is 0.409. The molecule has 1 N–H and O–H groups in total. The van der Waals surface area contributed by atoms with Crippen LogP contribution in [0, 0.1) is 0 Å². The quantitative estimate of drug-likeness (QED) is 0.747. The second kappa shape index (κ2) is 8.78. The average molecular weight is 402 g/mol. The van der Waals surface area contributed by atoms with E-state index in [1.54, 1.807) is 26.0 Å². The molecule has 0 saturated carbocycles. The first kappa shape index (κ1) is 20.4. The van der Waals surface area contributed by atoms with Gasteiger partial charge in [-0.1, -0.05) is 12.1 Å². The first-order valence-corrected chi connectivity index (χ1v) is 10.3. The zero-order valence-corrected chi connectivity index (χ0v) is 17.6. The molecule has 1 atom stereocenters. The van der Waals surface area contributed by atoms with Crippen LogP contribution in [0.2, 0.25) is 0 Å². The first-order valence-electron chi connectivity index (χ1n) is 9.28. The fourth-order valence-electron chi connectivity index (χ4n) is 3.21. The van der Waals surface area contributed by atoms with Gasteiger partial charge in [-0.05, 0) is 49.7 Å². The predicted octanol–water partition coefficient (Wildman–Crippen LogP) is 4.36. The highest BCUT2D eigenvalue weighted by Crippen LogP contribution is 2.47. The lowest BCUT2D eigenvalue weighted by molar-refractivity contribution is -0.118. The molecule has 1 amide bonds. The number of rotatable bonds is 7. The van der Waals surface area contributed by atoms with Gasteiger partial charge in [0.05, 0.1) is 20.0 Å². The maximum absolute atomic E-state index is 12.4. The highest BCUT2D eigenvalue weighted by Gasteiger charge is 2.34. The van der Waals surface area contributed by atoms with Crippen molar-refractivity contribution in [2.75, 3.05) is 20.0 Å². The molecule has 150 valence electrons. The molecule has 0 bridgehead atoms. The summed E-state index contributed by atoms with van der Waals surface area (Å²) < 4.78 is 16.6. The minimum atomic E-state index is -0.265. The predicted molar refractivity (Wildman–Crippen MR) is 112 cm³/mol. The van der Waals surface area contributed by atoms with Gasteiger partial charge in [-0.25, -0.2) is 0 Å². The average Bonchev–Trinajstić information content (AvgIpc) is 2.69. The Morgan fingerprint density at radius 2 is 1.82 bits per heavy atom. The van der Waals surface area contributed by atoms with Gasteiger partial charge in [0.2, 0.25) is 5.91 Å². The topological polar surface area (TPSA) is 56.8 Å². The van der Waals surface area contributed by atoms with Crippen LogP contribution in [0.3, 0.4) is 0 Å². The third-order valence-electron chi connectivity index (χ3n) is 4.69. The summed E-state index contributed by atoms with van der Waals surface area (Å²) in [6.07, 6.45) is 0.837. The van der Waals surface area contributed by atoms with Crippen LogP contribution < -0.4 is 19.5 Å². The Balaban J connectivity index is 1.59. The van der Waals surface area contributed by atoms with E-state index in [1.807, 2.05) is 42.5 Å².